The van der Waals surface area contributed by atoms with E-state index in [0.717, 1.165) is 11.1 Å². The SMILES string of the molecule is CC(C)(C)C(=O)N[C@H](Cc1c[nH]c2ccc(F)cc12)C(N)=O. The van der Waals surface area contributed by atoms with Crippen LogP contribution in [0.5, 0.6) is 0 Å². The second kappa shape index (κ2) is 5.79. The third-order valence-electron chi connectivity index (χ3n) is 3.48. The molecule has 1 aromatic carbocycles. The Balaban J connectivity index is 2.25. The van der Waals surface area contributed by atoms with Crippen molar-refractivity contribution in [2.24, 2.45) is 11.1 Å². The first kappa shape index (κ1) is 16.0. The van der Waals surface area contributed by atoms with Crippen molar-refractivity contribution in [2.45, 2.75) is 33.2 Å². The zero-order valence-corrected chi connectivity index (χ0v) is 12.9. The van der Waals surface area contributed by atoms with Gasteiger partial charge < -0.3 is 16.0 Å². The van der Waals surface area contributed by atoms with Gasteiger partial charge in [0.1, 0.15) is 11.9 Å². The number of aromatic amines is 1. The first-order chi connectivity index (χ1) is 10.2. The molecule has 1 atom stereocenters. The number of carbonyl (C=O) groups is 2. The monoisotopic (exact) mass is 305 g/mol. The summed E-state index contributed by atoms with van der Waals surface area (Å²) in [5.74, 6) is -1.24. The number of benzene rings is 1. The second-order valence-corrected chi connectivity index (χ2v) is 6.39. The number of hydrogen-bond acceptors (Lipinski definition) is 2. The lowest BCUT2D eigenvalue weighted by Crippen LogP contribution is -2.49. The van der Waals surface area contributed by atoms with Crippen molar-refractivity contribution in [3.05, 3.63) is 35.8 Å². The van der Waals surface area contributed by atoms with Crippen LogP contribution in [0.4, 0.5) is 4.39 Å². The average molecular weight is 305 g/mol. The average Bonchev–Trinajstić information content (AvgIpc) is 2.79. The molecule has 22 heavy (non-hydrogen) atoms. The molecule has 0 aliphatic heterocycles. The van der Waals surface area contributed by atoms with Gasteiger partial charge in [0.2, 0.25) is 11.8 Å². The highest BCUT2D eigenvalue weighted by Crippen LogP contribution is 2.21. The van der Waals surface area contributed by atoms with Gasteiger partial charge in [-0.15, -0.1) is 0 Å². The number of rotatable bonds is 4. The number of aromatic nitrogens is 1. The van der Waals surface area contributed by atoms with Crippen LogP contribution in [0, 0.1) is 11.2 Å². The molecule has 0 aliphatic rings. The van der Waals surface area contributed by atoms with Gasteiger partial charge in [0.25, 0.3) is 0 Å². The van der Waals surface area contributed by atoms with E-state index < -0.39 is 17.4 Å². The largest absolute Gasteiger partial charge is 0.368 e. The smallest absolute Gasteiger partial charge is 0.240 e. The van der Waals surface area contributed by atoms with Gasteiger partial charge in [-0.3, -0.25) is 9.59 Å². The Bertz CT molecular complexity index is 716. The van der Waals surface area contributed by atoms with Crippen LogP contribution in [-0.2, 0) is 16.0 Å². The van der Waals surface area contributed by atoms with Crippen molar-refractivity contribution in [1.29, 1.82) is 0 Å². The number of nitrogens with one attached hydrogen (secondary N) is 2. The van der Waals surface area contributed by atoms with Gasteiger partial charge in [0.15, 0.2) is 0 Å². The minimum Gasteiger partial charge on any atom is -0.368 e. The summed E-state index contributed by atoms with van der Waals surface area (Å²) >= 11 is 0. The van der Waals surface area contributed by atoms with Gasteiger partial charge in [-0.05, 0) is 23.8 Å². The molecule has 5 nitrogen and oxygen atoms in total. The Morgan fingerprint density at radius 3 is 2.64 bits per heavy atom. The van der Waals surface area contributed by atoms with Crippen molar-refractivity contribution in [1.82, 2.24) is 10.3 Å². The summed E-state index contributed by atoms with van der Waals surface area (Å²) in [6, 6.07) is 3.54. The standard InChI is InChI=1S/C16H20FN3O2/c1-16(2,3)15(22)20-13(14(18)21)6-9-8-19-12-5-4-10(17)7-11(9)12/h4-5,7-8,13,19H,6H2,1-3H3,(H2,18,21)(H,20,22)/t13-/m1/s1. The summed E-state index contributed by atoms with van der Waals surface area (Å²) in [6.07, 6.45) is 1.91. The number of H-pyrrole nitrogens is 1. The van der Waals surface area contributed by atoms with E-state index in [1.54, 1.807) is 33.0 Å². The van der Waals surface area contributed by atoms with Crippen LogP contribution in [0.3, 0.4) is 0 Å². The van der Waals surface area contributed by atoms with E-state index in [9.17, 15) is 14.0 Å². The molecule has 0 spiro atoms. The molecule has 0 unspecified atom stereocenters. The molecule has 0 saturated carbocycles. The third kappa shape index (κ3) is 3.44. The zero-order valence-electron chi connectivity index (χ0n) is 12.9. The lowest BCUT2D eigenvalue weighted by Gasteiger charge is -2.22. The van der Waals surface area contributed by atoms with Gasteiger partial charge in [-0.25, -0.2) is 4.39 Å². The number of nitrogens with two attached hydrogens (primary N) is 1. The molecule has 1 heterocycles. The molecule has 118 valence electrons. The highest BCUT2D eigenvalue weighted by Gasteiger charge is 2.27. The van der Waals surface area contributed by atoms with E-state index in [-0.39, 0.29) is 18.1 Å². The lowest BCUT2D eigenvalue weighted by molar-refractivity contribution is -0.132. The Morgan fingerprint density at radius 1 is 1.36 bits per heavy atom. The fraction of sp³-hybridized carbons (Fsp3) is 0.375. The summed E-state index contributed by atoms with van der Waals surface area (Å²) in [5, 5.41) is 3.33. The van der Waals surface area contributed by atoms with E-state index in [4.69, 9.17) is 5.73 Å². The quantitative estimate of drug-likeness (QED) is 0.805. The third-order valence-corrected chi connectivity index (χ3v) is 3.48. The summed E-state index contributed by atoms with van der Waals surface area (Å²) < 4.78 is 13.4. The molecule has 0 aliphatic carbocycles. The van der Waals surface area contributed by atoms with Gasteiger partial charge in [0, 0.05) is 28.9 Å². The van der Waals surface area contributed by atoms with Crippen molar-refractivity contribution >= 4 is 22.7 Å². The Kier molecular flexibility index (Phi) is 4.21. The molecular weight excluding hydrogens is 285 g/mol. The first-order valence-corrected chi connectivity index (χ1v) is 7.04. The van der Waals surface area contributed by atoms with Crippen LogP contribution in [0.25, 0.3) is 10.9 Å². The van der Waals surface area contributed by atoms with Gasteiger partial charge in [0.05, 0.1) is 0 Å². The van der Waals surface area contributed by atoms with Crippen LogP contribution < -0.4 is 11.1 Å². The van der Waals surface area contributed by atoms with Crippen LogP contribution in [0.2, 0.25) is 0 Å². The van der Waals surface area contributed by atoms with Crippen molar-refractivity contribution in [3.8, 4) is 0 Å². The lowest BCUT2D eigenvalue weighted by atomic mass is 9.94. The zero-order chi connectivity index (χ0) is 16.5. The molecule has 6 heteroatoms. The number of fused-ring (bicyclic) bond motifs is 1. The minimum absolute atomic E-state index is 0.209. The van der Waals surface area contributed by atoms with E-state index in [0.29, 0.717) is 5.39 Å². The Labute approximate surface area is 128 Å². The minimum atomic E-state index is -0.839. The van der Waals surface area contributed by atoms with Crippen LogP contribution >= 0.6 is 0 Å². The van der Waals surface area contributed by atoms with Crippen LogP contribution in [0.1, 0.15) is 26.3 Å². The molecule has 2 aromatic rings. The normalized spacial score (nSPS) is 13.1. The summed E-state index contributed by atoms with van der Waals surface area (Å²) in [7, 11) is 0. The van der Waals surface area contributed by atoms with Crippen molar-refractivity contribution in [3.63, 3.8) is 0 Å². The maximum absolute atomic E-state index is 13.4. The number of halogens is 1. The molecular formula is C16H20FN3O2. The fourth-order valence-corrected chi connectivity index (χ4v) is 2.14. The van der Waals surface area contributed by atoms with E-state index in [1.807, 2.05) is 0 Å². The highest BCUT2D eigenvalue weighted by molar-refractivity contribution is 5.90. The maximum atomic E-state index is 13.4. The molecule has 0 fully saturated rings. The van der Waals surface area contributed by atoms with Crippen LogP contribution in [0.15, 0.2) is 24.4 Å². The predicted octanol–water partition coefficient (Wildman–Crippen LogP) is 1.87. The molecule has 2 amide bonds. The van der Waals surface area contributed by atoms with Crippen LogP contribution in [-0.4, -0.2) is 22.8 Å². The summed E-state index contributed by atoms with van der Waals surface area (Å²) in [4.78, 5) is 26.7. The van der Waals surface area contributed by atoms with E-state index in [1.165, 1.54) is 12.1 Å². The van der Waals surface area contributed by atoms with E-state index >= 15 is 0 Å². The Morgan fingerprint density at radius 2 is 2.05 bits per heavy atom. The molecule has 0 saturated heterocycles. The summed E-state index contributed by atoms with van der Waals surface area (Å²) in [6.45, 7) is 5.25. The molecule has 0 bridgehead atoms. The first-order valence-electron chi connectivity index (χ1n) is 7.04. The Hall–Kier alpha value is -2.37. The maximum Gasteiger partial charge on any atom is 0.240 e. The predicted molar refractivity (Wildman–Crippen MR) is 82.5 cm³/mol. The van der Waals surface area contributed by atoms with Gasteiger partial charge in [-0.1, -0.05) is 20.8 Å². The number of amides is 2. The number of primary amides is 1. The van der Waals surface area contributed by atoms with E-state index in [2.05, 4.69) is 10.3 Å². The molecule has 0 radical (unpaired) electrons. The van der Waals surface area contributed by atoms with Crippen molar-refractivity contribution < 1.29 is 14.0 Å². The number of hydrogen-bond donors (Lipinski definition) is 3. The highest BCUT2D eigenvalue weighted by atomic mass is 19.1. The second-order valence-electron chi connectivity index (χ2n) is 6.39. The molecule has 2 rings (SSSR count). The van der Waals surface area contributed by atoms with Gasteiger partial charge >= 0.3 is 0 Å². The molecule has 4 N–H and O–H groups in total. The molecule has 1 aromatic heterocycles. The van der Waals surface area contributed by atoms with Gasteiger partial charge in [-0.2, -0.15) is 0 Å². The number of carbonyl (C=O) groups excluding carboxylic acids is 2. The fourth-order valence-electron chi connectivity index (χ4n) is 2.14. The summed E-state index contributed by atoms with van der Waals surface area (Å²) in [5.41, 5.74) is 6.25. The van der Waals surface area contributed by atoms with Crippen molar-refractivity contribution in [2.75, 3.05) is 0 Å². The topological polar surface area (TPSA) is 88.0 Å².